The van der Waals surface area contributed by atoms with Gasteiger partial charge < -0.3 is 28.4 Å². The predicted molar refractivity (Wildman–Crippen MR) is 149 cm³/mol. The van der Waals surface area contributed by atoms with Gasteiger partial charge in [0.25, 0.3) is 0 Å². The molecule has 0 saturated heterocycles. The first-order valence-electron chi connectivity index (χ1n) is 15.2. The quantitative estimate of drug-likeness (QED) is 0.163. The highest BCUT2D eigenvalue weighted by Gasteiger charge is 2.61. The van der Waals surface area contributed by atoms with Gasteiger partial charge >= 0.3 is 35.8 Å². The van der Waals surface area contributed by atoms with Crippen LogP contribution in [0.4, 0.5) is 0 Å². The molecule has 0 radical (unpaired) electrons. The van der Waals surface area contributed by atoms with Crippen molar-refractivity contribution in [3.05, 3.63) is 0 Å². The Morgan fingerprint density at radius 1 is 0.310 bits per heavy atom. The third kappa shape index (κ3) is 12.0. The zero-order valence-corrected chi connectivity index (χ0v) is 25.8. The lowest BCUT2D eigenvalue weighted by atomic mass is 9.83. The van der Waals surface area contributed by atoms with Crippen molar-refractivity contribution >= 4 is 35.8 Å². The lowest BCUT2D eigenvalue weighted by Gasteiger charge is -2.47. The summed E-state index contributed by atoms with van der Waals surface area (Å²) in [6, 6.07) is 0. The van der Waals surface area contributed by atoms with Crippen LogP contribution in [-0.4, -0.2) is 72.4 Å². The van der Waals surface area contributed by atoms with Crippen LogP contribution in [-0.2, 0) is 57.2 Å². The molecule has 0 heterocycles. The summed E-state index contributed by atoms with van der Waals surface area (Å²) in [7, 11) is 0. The van der Waals surface area contributed by atoms with Crippen LogP contribution in [0.25, 0.3) is 0 Å². The van der Waals surface area contributed by atoms with Crippen LogP contribution in [0.2, 0.25) is 0 Å². The molecule has 0 aliphatic heterocycles. The second-order valence-corrected chi connectivity index (χ2v) is 10.2. The van der Waals surface area contributed by atoms with E-state index in [4.69, 9.17) is 28.4 Å². The summed E-state index contributed by atoms with van der Waals surface area (Å²) in [5.74, 6) is -4.20. The Morgan fingerprint density at radius 3 is 0.524 bits per heavy atom. The lowest BCUT2D eigenvalue weighted by molar-refractivity contribution is -0.261. The van der Waals surface area contributed by atoms with Crippen LogP contribution in [0, 0.1) is 0 Å². The van der Waals surface area contributed by atoms with Gasteiger partial charge in [0.05, 0.1) is 0 Å². The molecule has 0 amide bonds. The van der Waals surface area contributed by atoms with Crippen molar-refractivity contribution in [3.8, 4) is 0 Å². The topological polar surface area (TPSA) is 158 Å². The zero-order valence-electron chi connectivity index (χ0n) is 25.8. The molecule has 0 aromatic rings. The third-order valence-corrected chi connectivity index (χ3v) is 6.27. The fraction of sp³-hybridized carbons (Fsp3) is 0.800. The monoisotopic (exact) mass is 600 g/mol. The average molecular weight is 601 g/mol. The van der Waals surface area contributed by atoms with Crippen LogP contribution < -0.4 is 0 Å². The smallest absolute Gasteiger partial charge is 0.306 e. The van der Waals surface area contributed by atoms with Gasteiger partial charge in [-0.05, 0) is 38.5 Å². The molecule has 0 unspecified atom stereocenters. The second-order valence-electron chi connectivity index (χ2n) is 10.2. The third-order valence-electron chi connectivity index (χ3n) is 6.27. The predicted octanol–water partition coefficient (Wildman–Crippen LogP) is 4.27. The number of carbonyl (C=O) groups excluding carboxylic acids is 6. The minimum absolute atomic E-state index is 0.0166. The van der Waals surface area contributed by atoms with Crippen LogP contribution in [0.1, 0.15) is 119 Å². The summed E-state index contributed by atoms with van der Waals surface area (Å²) < 4.78 is 34.5. The molecule has 12 nitrogen and oxygen atoms in total. The first kappa shape index (κ1) is 36.8. The first-order valence-corrected chi connectivity index (χ1v) is 15.2. The van der Waals surface area contributed by atoms with Crippen molar-refractivity contribution in [2.75, 3.05) is 0 Å². The molecule has 1 rings (SSSR count). The molecule has 1 saturated carbocycles. The van der Waals surface area contributed by atoms with E-state index in [1.807, 2.05) is 0 Å². The Hall–Kier alpha value is -3.18. The largest absolute Gasteiger partial charge is 0.454 e. The van der Waals surface area contributed by atoms with Gasteiger partial charge in [0.2, 0.25) is 0 Å². The first-order chi connectivity index (χ1) is 20.1. The maximum Gasteiger partial charge on any atom is 0.306 e. The van der Waals surface area contributed by atoms with Gasteiger partial charge in [-0.3, -0.25) is 28.8 Å². The maximum atomic E-state index is 12.8. The van der Waals surface area contributed by atoms with Crippen molar-refractivity contribution in [2.24, 2.45) is 0 Å². The van der Waals surface area contributed by atoms with E-state index in [-0.39, 0.29) is 38.5 Å². The molecular weight excluding hydrogens is 552 g/mol. The van der Waals surface area contributed by atoms with E-state index in [1.54, 1.807) is 41.5 Å². The lowest BCUT2D eigenvalue weighted by Crippen LogP contribution is -2.69. The molecule has 1 aliphatic rings. The normalized spacial score (nSPS) is 23.3. The highest BCUT2D eigenvalue weighted by Crippen LogP contribution is 2.35. The van der Waals surface area contributed by atoms with E-state index in [0.29, 0.717) is 38.5 Å². The van der Waals surface area contributed by atoms with E-state index < -0.39 is 72.4 Å². The van der Waals surface area contributed by atoms with Gasteiger partial charge in [0.1, 0.15) is 0 Å². The Kier molecular flexibility index (Phi) is 17.4. The molecule has 1 aliphatic carbocycles. The van der Waals surface area contributed by atoms with Gasteiger partial charge in [-0.15, -0.1) is 0 Å². The summed E-state index contributed by atoms with van der Waals surface area (Å²) >= 11 is 0. The second kappa shape index (κ2) is 19.9. The van der Waals surface area contributed by atoms with Crippen molar-refractivity contribution in [1.29, 1.82) is 0 Å². The summed E-state index contributed by atoms with van der Waals surface area (Å²) in [5.41, 5.74) is 0. The summed E-state index contributed by atoms with van der Waals surface area (Å²) in [5, 5.41) is 0. The van der Waals surface area contributed by atoms with Crippen molar-refractivity contribution in [3.63, 3.8) is 0 Å². The van der Waals surface area contributed by atoms with Crippen LogP contribution in [0.15, 0.2) is 0 Å². The molecule has 0 atom stereocenters. The minimum atomic E-state index is -1.54. The number of esters is 6. The fourth-order valence-electron chi connectivity index (χ4n) is 4.42. The molecule has 12 heteroatoms. The van der Waals surface area contributed by atoms with Gasteiger partial charge in [-0.2, -0.15) is 0 Å². The van der Waals surface area contributed by atoms with E-state index in [1.165, 1.54) is 0 Å². The molecule has 42 heavy (non-hydrogen) atoms. The van der Waals surface area contributed by atoms with Gasteiger partial charge in [0.15, 0.2) is 36.6 Å². The minimum Gasteiger partial charge on any atom is -0.454 e. The molecule has 1 fully saturated rings. The standard InChI is InChI=1S/C30H48O12/c1-7-13-19(31)37-25-26(38-20(32)14-8-2)28(40-22(34)16-10-4)30(42-24(36)18-12-6)29(41-23(35)17-11-5)27(25)39-21(33)15-9-3/h25-30H,7-18H2,1-6H3. The van der Waals surface area contributed by atoms with E-state index in [0.717, 1.165) is 0 Å². The van der Waals surface area contributed by atoms with Crippen molar-refractivity contribution in [2.45, 2.75) is 155 Å². The summed E-state index contributed by atoms with van der Waals surface area (Å²) in [6.45, 7) is 10.5. The Morgan fingerprint density at radius 2 is 0.429 bits per heavy atom. The number of carbonyl (C=O) groups is 6. The van der Waals surface area contributed by atoms with Crippen molar-refractivity contribution in [1.82, 2.24) is 0 Å². The van der Waals surface area contributed by atoms with E-state index >= 15 is 0 Å². The van der Waals surface area contributed by atoms with Crippen LogP contribution in [0.5, 0.6) is 0 Å². The van der Waals surface area contributed by atoms with Gasteiger partial charge in [-0.25, -0.2) is 0 Å². The molecule has 0 bridgehead atoms. The highest BCUT2D eigenvalue weighted by molar-refractivity contribution is 5.74. The maximum absolute atomic E-state index is 12.8. The highest BCUT2D eigenvalue weighted by atomic mass is 16.7. The van der Waals surface area contributed by atoms with Gasteiger partial charge in [0, 0.05) is 38.5 Å². The van der Waals surface area contributed by atoms with Gasteiger partial charge in [-0.1, -0.05) is 41.5 Å². The van der Waals surface area contributed by atoms with Crippen LogP contribution in [0.3, 0.4) is 0 Å². The molecule has 240 valence electrons. The zero-order chi connectivity index (χ0) is 31.7. The van der Waals surface area contributed by atoms with Crippen molar-refractivity contribution < 1.29 is 57.2 Å². The van der Waals surface area contributed by atoms with E-state index in [2.05, 4.69) is 0 Å². The molecule has 0 aromatic heterocycles. The van der Waals surface area contributed by atoms with E-state index in [9.17, 15) is 28.8 Å². The number of hydrogen-bond donors (Lipinski definition) is 0. The number of ether oxygens (including phenoxy) is 6. The van der Waals surface area contributed by atoms with Crippen LogP contribution >= 0.6 is 0 Å². The number of rotatable bonds is 18. The molecule has 0 spiro atoms. The fourth-order valence-corrected chi connectivity index (χ4v) is 4.42. The Bertz CT molecular complexity index is 703. The Labute approximate surface area is 248 Å². The summed E-state index contributed by atoms with van der Waals surface area (Å²) in [4.78, 5) is 77.0. The molecular formula is C30H48O12. The average Bonchev–Trinajstić information content (AvgIpc) is 2.91. The summed E-state index contributed by atoms with van der Waals surface area (Å²) in [6.07, 6.45) is -6.78. The Balaban J connectivity index is 3.90. The number of hydrogen-bond acceptors (Lipinski definition) is 12. The molecule has 0 aromatic carbocycles. The SMILES string of the molecule is CCCC(=O)OC1C(OC(=O)CCC)C(OC(=O)CCC)C(OC(=O)CCC)C(OC(=O)CCC)C1OC(=O)CCC. The molecule has 0 N–H and O–H groups in total.